The first-order valence-electron chi connectivity index (χ1n) is 5.67. The van der Waals surface area contributed by atoms with Crippen molar-refractivity contribution in [1.29, 1.82) is 0 Å². The molecule has 0 unspecified atom stereocenters. The van der Waals surface area contributed by atoms with Crippen LogP contribution in [0, 0.1) is 5.82 Å². The Morgan fingerprint density at radius 3 is 2.50 bits per heavy atom. The van der Waals surface area contributed by atoms with Crippen molar-refractivity contribution in [3.63, 3.8) is 0 Å². The number of hydrogen-bond acceptors (Lipinski definition) is 3. The second-order valence-electron chi connectivity index (χ2n) is 4.47. The topological polar surface area (TPSA) is 27.3 Å². The van der Waals surface area contributed by atoms with Gasteiger partial charge in [-0.3, -0.25) is 0 Å². The Morgan fingerprint density at radius 1 is 1.25 bits per heavy atom. The summed E-state index contributed by atoms with van der Waals surface area (Å²) in [5.74, 6) is -0.207. The molecule has 0 spiro atoms. The third kappa shape index (κ3) is 2.71. The summed E-state index contributed by atoms with van der Waals surface area (Å²) in [6, 6.07) is 7.60. The van der Waals surface area contributed by atoms with Crippen molar-refractivity contribution >= 4 is 5.69 Å². The highest BCUT2D eigenvalue weighted by Gasteiger charge is 2.21. The zero-order valence-corrected chi connectivity index (χ0v) is 9.70. The summed E-state index contributed by atoms with van der Waals surface area (Å²) in [6.07, 6.45) is 0. The summed E-state index contributed by atoms with van der Waals surface area (Å²) >= 11 is 0. The number of nitrogens with one attached hydrogen (secondary N) is 2. The molecule has 0 aliphatic carbocycles. The van der Waals surface area contributed by atoms with Crippen LogP contribution < -0.4 is 10.7 Å². The number of hydrogen-bond donors (Lipinski definition) is 2. The van der Waals surface area contributed by atoms with Crippen molar-refractivity contribution in [3.8, 4) is 0 Å². The average Bonchev–Trinajstić information content (AvgIpc) is 2.20. The monoisotopic (exact) mass is 223 g/mol. The van der Waals surface area contributed by atoms with Crippen molar-refractivity contribution in [2.24, 2.45) is 0 Å². The molecule has 2 rings (SSSR count). The van der Waals surface area contributed by atoms with Gasteiger partial charge in [0.05, 0.1) is 5.69 Å². The summed E-state index contributed by atoms with van der Waals surface area (Å²) in [5, 5.41) is 5.49. The van der Waals surface area contributed by atoms with E-state index in [1.54, 1.807) is 12.1 Å². The van der Waals surface area contributed by atoms with Crippen molar-refractivity contribution < 1.29 is 4.39 Å². The molecular formula is C12H18FN3. The van der Waals surface area contributed by atoms with E-state index in [4.69, 9.17) is 0 Å². The number of rotatable bonds is 2. The summed E-state index contributed by atoms with van der Waals surface area (Å²) in [6.45, 7) is 6.01. The molecule has 0 amide bonds. The van der Waals surface area contributed by atoms with Gasteiger partial charge in [-0.25, -0.2) is 9.40 Å². The molecule has 1 aliphatic heterocycles. The first-order valence-corrected chi connectivity index (χ1v) is 5.67. The summed E-state index contributed by atoms with van der Waals surface area (Å²) in [5.41, 5.74) is 3.67. The molecule has 4 heteroatoms. The van der Waals surface area contributed by atoms with Gasteiger partial charge in [0.15, 0.2) is 0 Å². The maximum atomic E-state index is 13.4. The van der Waals surface area contributed by atoms with E-state index >= 15 is 0 Å². The van der Waals surface area contributed by atoms with Crippen LogP contribution in [0.25, 0.3) is 0 Å². The SMILES string of the molecule is C[C@@H]1CN(Nc2ccccc2F)C[C@H](C)N1. The predicted molar refractivity (Wildman–Crippen MR) is 63.7 cm³/mol. The van der Waals surface area contributed by atoms with Gasteiger partial charge in [0, 0.05) is 25.2 Å². The number of nitrogens with zero attached hydrogens (tertiary/aromatic N) is 1. The van der Waals surface area contributed by atoms with Crippen molar-refractivity contribution in [2.45, 2.75) is 25.9 Å². The molecule has 2 N–H and O–H groups in total. The van der Waals surface area contributed by atoms with Crippen LogP contribution in [0.3, 0.4) is 0 Å². The van der Waals surface area contributed by atoms with Crippen LogP contribution in [-0.2, 0) is 0 Å². The minimum absolute atomic E-state index is 0.207. The summed E-state index contributed by atoms with van der Waals surface area (Å²) in [4.78, 5) is 0. The lowest BCUT2D eigenvalue weighted by Gasteiger charge is -2.36. The zero-order valence-electron chi connectivity index (χ0n) is 9.70. The lowest BCUT2D eigenvalue weighted by Crippen LogP contribution is -2.55. The number of anilines is 1. The number of halogens is 1. The molecule has 1 aromatic rings. The van der Waals surface area contributed by atoms with E-state index in [0.29, 0.717) is 17.8 Å². The standard InChI is InChI=1S/C12H18FN3/c1-9-7-16(8-10(2)14-9)15-12-6-4-3-5-11(12)13/h3-6,9-10,14-15H,7-8H2,1-2H3/t9-,10+. The minimum Gasteiger partial charge on any atom is -0.316 e. The van der Waals surface area contributed by atoms with Crippen LogP contribution in [0.5, 0.6) is 0 Å². The Kier molecular flexibility index (Phi) is 3.41. The first kappa shape index (κ1) is 11.4. The van der Waals surface area contributed by atoms with Crippen molar-refractivity contribution in [1.82, 2.24) is 10.3 Å². The fraction of sp³-hybridized carbons (Fsp3) is 0.500. The molecule has 1 saturated heterocycles. The average molecular weight is 223 g/mol. The molecule has 1 aromatic carbocycles. The van der Waals surface area contributed by atoms with Crippen LogP contribution in [0.4, 0.5) is 10.1 Å². The van der Waals surface area contributed by atoms with Crippen LogP contribution >= 0.6 is 0 Å². The van der Waals surface area contributed by atoms with Gasteiger partial charge in [-0.1, -0.05) is 12.1 Å². The van der Waals surface area contributed by atoms with E-state index < -0.39 is 0 Å². The molecule has 0 bridgehead atoms. The Balaban J connectivity index is 2.02. The maximum Gasteiger partial charge on any atom is 0.147 e. The van der Waals surface area contributed by atoms with E-state index in [-0.39, 0.29) is 5.82 Å². The van der Waals surface area contributed by atoms with E-state index in [2.05, 4.69) is 29.6 Å². The first-order chi connectivity index (χ1) is 7.65. The van der Waals surface area contributed by atoms with Gasteiger partial charge in [0.1, 0.15) is 5.82 Å². The lowest BCUT2D eigenvalue weighted by molar-refractivity contribution is 0.205. The molecule has 0 saturated carbocycles. The molecule has 0 aromatic heterocycles. The molecule has 1 fully saturated rings. The Morgan fingerprint density at radius 2 is 1.88 bits per heavy atom. The summed E-state index contributed by atoms with van der Waals surface area (Å²) < 4.78 is 13.4. The van der Waals surface area contributed by atoms with E-state index in [1.807, 2.05) is 6.07 Å². The second kappa shape index (κ2) is 4.80. The minimum atomic E-state index is -0.207. The zero-order chi connectivity index (χ0) is 11.5. The van der Waals surface area contributed by atoms with Crippen molar-refractivity contribution in [3.05, 3.63) is 30.1 Å². The Labute approximate surface area is 95.6 Å². The van der Waals surface area contributed by atoms with Gasteiger partial charge in [0.25, 0.3) is 0 Å². The van der Waals surface area contributed by atoms with E-state index in [1.165, 1.54) is 6.07 Å². The van der Waals surface area contributed by atoms with E-state index in [9.17, 15) is 4.39 Å². The fourth-order valence-electron chi connectivity index (χ4n) is 2.14. The highest BCUT2D eigenvalue weighted by atomic mass is 19.1. The van der Waals surface area contributed by atoms with Crippen LogP contribution in [0.15, 0.2) is 24.3 Å². The van der Waals surface area contributed by atoms with Gasteiger partial charge in [-0.2, -0.15) is 0 Å². The van der Waals surface area contributed by atoms with Gasteiger partial charge < -0.3 is 10.7 Å². The van der Waals surface area contributed by atoms with Crippen LogP contribution in [0.1, 0.15) is 13.8 Å². The third-order valence-corrected chi connectivity index (χ3v) is 2.71. The molecule has 1 aliphatic rings. The molecule has 16 heavy (non-hydrogen) atoms. The molecule has 3 nitrogen and oxygen atoms in total. The number of piperazine rings is 1. The largest absolute Gasteiger partial charge is 0.316 e. The normalized spacial score (nSPS) is 26.7. The highest BCUT2D eigenvalue weighted by molar-refractivity contribution is 5.43. The van der Waals surface area contributed by atoms with Crippen LogP contribution in [0.2, 0.25) is 0 Å². The lowest BCUT2D eigenvalue weighted by atomic mass is 10.2. The number of benzene rings is 1. The third-order valence-electron chi connectivity index (χ3n) is 2.71. The highest BCUT2D eigenvalue weighted by Crippen LogP contribution is 2.14. The van der Waals surface area contributed by atoms with Gasteiger partial charge in [-0.15, -0.1) is 0 Å². The van der Waals surface area contributed by atoms with Crippen molar-refractivity contribution in [2.75, 3.05) is 18.5 Å². The van der Waals surface area contributed by atoms with Gasteiger partial charge in [0.2, 0.25) is 0 Å². The maximum absolute atomic E-state index is 13.4. The smallest absolute Gasteiger partial charge is 0.147 e. The molecule has 88 valence electrons. The summed E-state index contributed by atoms with van der Waals surface area (Å²) in [7, 11) is 0. The molecule has 0 radical (unpaired) electrons. The van der Waals surface area contributed by atoms with Crippen LogP contribution in [-0.4, -0.2) is 30.2 Å². The Bertz CT molecular complexity index is 346. The number of hydrazine groups is 1. The second-order valence-corrected chi connectivity index (χ2v) is 4.47. The quantitative estimate of drug-likeness (QED) is 0.801. The van der Waals surface area contributed by atoms with Gasteiger partial charge in [-0.05, 0) is 26.0 Å². The van der Waals surface area contributed by atoms with Gasteiger partial charge >= 0.3 is 0 Å². The fourth-order valence-corrected chi connectivity index (χ4v) is 2.14. The molecular weight excluding hydrogens is 205 g/mol. The number of para-hydroxylation sites is 1. The van der Waals surface area contributed by atoms with E-state index in [0.717, 1.165) is 13.1 Å². The predicted octanol–water partition coefficient (Wildman–Crippen LogP) is 1.83. The Hall–Kier alpha value is -1.13. The molecule has 1 heterocycles. The molecule has 2 atom stereocenters.